The second-order valence-corrected chi connectivity index (χ2v) is 12.8. The van der Waals surface area contributed by atoms with Crippen molar-refractivity contribution in [2.75, 3.05) is 17.1 Å². The SMILES string of the molecule is CS(=O)(=O)N(CC(=O)N(Cc1cccc(Cl)c1)[C@H](Cc1ccccc1)C(=O)NC1CCCCC1)c1ccccc1F. The summed E-state index contributed by atoms with van der Waals surface area (Å²) in [6.07, 6.45) is 6.02. The summed E-state index contributed by atoms with van der Waals surface area (Å²) in [5.74, 6) is -1.73. The number of benzene rings is 3. The van der Waals surface area contributed by atoms with Gasteiger partial charge in [-0.1, -0.05) is 85.5 Å². The zero-order chi connectivity index (χ0) is 29.4. The standard InChI is InChI=1S/C31H35ClFN3O4S/c1-41(39,40)36(28-18-9-8-17-27(28)33)22-30(37)35(21-24-13-10-14-25(32)19-24)29(20-23-11-4-2-5-12-23)31(38)34-26-15-6-3-7-16-26/h2,4-5,8-14,17-19,26,29H,3,6-7,15-16,20-22H2,1H3,(H,34,38)/t29-/m1/s1. The van der Waals surface area contributed by atoms with Gasteiger partial charge < -0.3 is 10.2 Å². The van der Waals surface area contributed by atoms with Crippen molar-refractivity contribution in [3.8, 4) is 0 Å². The zero-order valence-electron chi connectivity index (χ0n) is 23.0. The molecule has 1 atom stereocenters. The van der Waals surface area contributed by atoms with Crippen molar-refractivity contribution in [2.45, 2.75) is 57.2 Å². The first kappa shape index (κ1) is 30.5. The van der Waals surface area contributed by atoms with Gasteiger partial charge in [-0.05, 0) is 48.2 Å². The second kappa shape index (κ2) is 14.0. The smallest absolute Gasteiger partial charge is 0.244 e. The predicted molar refractivity (Wildman–Crippen MR) is 160 cm³/mol. The third kappa shape index (κ3) is 8.53. The number of carbonyl (C=O) groups is 2. The number of para-hydroxylation sites is 1. The van der Waals surface area contributed by atoms with Gasteiger partial charge in [0.05, 0.1) is 11.9 Å². The van der Waals surface area contributed by atoms with E-state index in [0.29, 0.717) is 10.6 Å². The van der Waals surface area contributed by atoms with Crippen molar-refractivity contribution in [2.24, 2.45) is 0 Å². The molecule has 3 aromatic rings. The van der Waals surface area contributed by atoms with Crippen LogP contribution in [-0.4, -0.2) is 50.0 Å². The molecule has 1 aliphatic carbocycles. The number of nitrogens with zero attached hydrogens (tertiary/aromatic N) is 2. The molecule has 0 aliphatic heterocycles. The van der Waals surface area contributed by atoms with Crippen LogP contribution in [0.25, 0.3) is 0 Å². The number of anilines is 1. The Balaban J connectivity index is 1.73. The Labute approximate surface area is 246 Å². The first-order chi connectivity index (χ1) is 19.6. The Morgan fingerprint density at radius 2 is 1.61 bits per heavy atom. The lowest BCUT2D eigenvalue weighted by molar-refractivity contribution is -0.140. The Kier molecular flexibility index (Phi) is 10.4. The lowest BCUT2D eigenvalue weighted by Gasteiger charge is -2.35. The maximum atomic E-state index is 14.7. The van der Waals surface area contributed by atoms with Crippen molar-refractivity contribution < 1.29 is 22.4 Å². The number of hydrogen-bond acceptors (Lipinski definition) is 4. The van der Waals surface area contributed by atoms with Crippen LogP contribution in [0.2, 0.25) is 5.02 Å². The van der Waals surface area contributed by atoms with E-state index in [-0.39, 0.29) is 30.6 Å². The first-order valence-corrected chi connectivity index (χ1v) is 15.9. The quantitative estimate of drug-likeness (QED) is 0.323. The lowest BCUT2D eigenvalue weighted by Crippen LogP contribution is -2.55. The monoisotopic (exact) mass is 599 g/mol. The molecule has 1 saturated carbocycles. The molecule has 218 valence electrons. The van der Waals surface area contributed by atoms with E-state index < -0.39 is 34.3 Å². The highest BCUT2D eigenvalue weighted by Gasteiger charge is 2.34. The van der Waals surface area contributed by atoms with Crippen LogP contribution in [0, 0.1) is 5.82 Å². The molecule has 0 saturated heterocycles. The van der Waals surface area contributed by atoms with E-state index in [9.17, 15) is 22.4 Å². The van der Waals surface area contributed by atoms with Crippen molar-refractivity contribution in [1.29, 1.82) is 0 Å². The molecule has 0 aromatic heterocycles. The molecule has 0 bridgehead atoms. The molecule has 10 heteroatoms. The highest BCUT2D eigenvalue weighted by Crippen LogP contribution is 2.24. The van der Waals surface area contributed by atoms with E-state index >= 15 is 0 Å². The van der Waals surface area contributed by atoms with Crippen LogP contribution in [0.15, 0.2) is 78.9 Å². The summed E-state index contributed by atoms with van der Waals surface area (Å²) in [7, 11) is -4.05. The Hall–Kier alpha value is -3.43. The van der Waals surface area contributed by atoms with Crippen LogP contribution < -0.4 is 9.62 Å². The summed E-state index contributed by atoms with van der Waals surface area (Å²) < 4.78 is 41.1. The average Bonchev–Trinajstić information content (AvgIpc) is 2.94. The number of halogens is 2. The van der Waals surface area contributed by atoms with E-state index in [0.717, 1.165) is 54.3 Å². The van der Waals surface area contributed by atoms with Gasteiger partial charge in [0.2, 0.25) is 21.8 Å². The molecule has 7 nitrogen and oxygen atoms in total. The number of carbonyl (C=O) groups excluding carboxylic acids is 2. The van der Waals surface area contributed by atoms with Gasteiger partial charge >= 0.3 is 0 Å². The maximum absolute atomic E-state index is 14.7. The number of amides is 2. The van der Waals surface area contributed by atoms with Crippen molar-refractivity contribution in [3.05, 3.63) is 101 Å². The number of hydrogen-bond donors (Lipinski definition) is 1. The van der Waals surface area contributed by atoms with E-state index in [1.165, 1.54) is 23.1 Å². The van der Waals surface area contributed by atoms with E-state index in [1.807, 2.05) is 30.3 Å². The molecule has 0 spiro atoms. The maximum Gasteiger partial charge on any atom is 0.244 e. The molecule has 3 aromatic carbocycles. The van der Waals surface area contributed by atoms with Gasteiger partial charge in [0.25, 0.3) is 0 Å². The van der Waals surface area contributed by atoms with Crippen LogP contribution in [0.5, 0.6) is 0 Å². The highest BCUT2D eigenvalue weighted by atomic mass is 35.5. The van der Waals surface area contributed by atoms with Gasteiger partial charge in [0.15, 0.2) is 0 Å². The third-order valence-electron chi connectivity index (χ3n) is 7.26. The summed E-state index contributed by atoms with van der Waals surface area (Å²) in [5.41, 5.74) is 1.28. The molecular formula is C31H35ClFN3O4S. The largest absolute Gasteiger partial charge is 0.352 e. The van der Waals surface area contributed by atoms with Gasteiger partial charge in [-0.3, -0.25) is 13.9 Å². The Morgan fingerprint density at radius 3 is 2.27 bits per heavy atom. The number of sulfonamides is 1. The summed E-state index contributed by atoms with van der Waals surface area (Å²) in [6, 6.07) is 20.7. The van der Waals surface area contributed by atoms with Crippen LogP contribution in [0.1, 0.15) is 43.2 Å². The van der Waals surface area contributed by atoms with Crippen LogP contribution in [0.3, 0.4) is 0 Å². The van der Waals surface area contributed by atoms with Crippen LogP contribution in [-0.2, 0) is 32.6 Å². The normalized spacial score (nSPS) is 14.7. The van der Waals surface area contributed by atoms with E-state index in [2.05, 4.69) is 5.32 Å². The molecule has 0 radical (unpaired) electrons. The van der Waals surface area contributed by atoms with Gasteiger partial charge in [-0.2, -0.15) is 0 Å². The highest BCUT2D eigenvalue weighted by molar-refractivity contribution is 7.92. The van der Waals surface area contributed by atoms with Crippen molar-refractivity contribution in [3.63, 3.8) is 0 Å². The number of rotatable bonds is 11. The molecule has 0 heterocycles. The fourth-order valence-corrected chi connectivity index (χ4v) is 6.24. The van der Waals surface area contributed by atoms with Crippen LogP contribution in [0.4, 0.5) is 10.1 Å². The molecule has 41 heavy (non-hydrogen) atoms. The van der Waals surface area contributed by atoms with Gasteiger partial charge in [-0.25, -0.2) is 12.8 Å². The van der Waals surface area contributed by atoms with E-state index in [1.54, 1.807) is 24.3 Å². The Bertz CT molecular complexity index is 1450. The second-order valence-electron chi connectivity index (χ2n) is 10.4. The Morgan fingerprint density at radius 1 is 0.951 bits per heavy atom. The molecule has 1 aliphatic rings. The minimum Gasteiger partial charge on any atom is -0.352 e. The summed E-state index contributed by atoms with van der Waals surface area (Å²) in [5, 5.41) is 3.61. The molecule has 4 rings (SSSR count). The minimum absolute atomic E-state index is 0.00331. The summed E-state index contributed by atoms with van der Waals surface area (Å²) in [6.45, 7) is -0.674. The summed E-state index contributed by atoms with van der Waals surface area (Å²) >= 11 is 6.24. The molecule has 1 N–H and O–H groups in total. The molecule has 0 unspecified atom stereocenters. The molecule has 2 amide bonds. The first-order valence-electron chi connectivity index (χ1n) is 13.7. The molecule has 1 fully saturated rings. The fraction of sp³-hybridized carbons (Fsp3) is 0.355. The minimum atomic E-state index is -4.05. The third-order valence-corrected chi connectivity index (χ3v) is 8.63. The topological polar surface area (TPSA) is 86.8 Å². The molecular weight excluding hydrogens is 565 g/mol. The zero-order valence-corrected chi connectivity index (χ0v) is 24.6. The van der Waals surface area contributed by atoms with Crippen molar-refractivity contribution in [1.82, 2.24) is 10.2 Å². The van der Waals surface area contributed by atoms with Crippen molar-refractivity contribution >= 4 is 39.1 Å². The van der Waals surface area contributed by atoms with E-state index in [4.69, 9.17) is 11.6 Å². The van der Waals surface area contributed by atoms with Crippen LogP contribution >= 0.6 is 11.6 Å². The average molecular weight is 600 g/mol. The van der Waals surface area contributed by atoms with Gasteiger partial charge in [0.1, 0.15) is 18.4 Å². The summed E-state index contributed by atoms with van der Waals surface area (Å²) in [4.78, 5) is 29.4. The van der Waals surface area contributed by atoms with Gasteiger partial charge in [0, 0.05) is 24.0 Å². The fourth-order valence-electron chi connectivity index (χ4n) is 5.18. The number of nitrogens with one attached hydrogen (secondary N) is 1. The predicted octanol–water partition coefficient (Wildman–Crippen LogP) is 5.33. The lowest BCUT2D eigenvalue weighted by atomic mass is 9.94. The van der Waals surface area contributed by atoms with Gasteiger partial charge in [-0.15, -0.1) is 0 Å².